The fraction of sp³-hybridized carbons (Fsp3) is 0.389. The highest BCUT2D eigenvalue weighted by Crippen LogP contribution is 2.16. The lowest BCUT2D eigenvalue weighted by Gasteiger charge is -2.34. The Balaban J connectivity index is 1.56. The molecule has 1 aliphatic rings. The number of nitrogens with zero attached hydrogens (tertiary/aromatic N) is 2. The topological polar surface area (TPSA) is 57.7 Å². The van der Waals surface area contributed by atoms with Crippen LogP contribution in [0.3, 0.4) is 0 Å². The van der Waals surface area contributed by atoms with Crippen LogP contribution in [0, 0.1) is 6.92 Å². The minimum atomic E-state index is -3.35. The monoisotopic (exact) mass is 378 g/mol. The van der Waals surface area contributed by atoms with Gasteiger partial charge in [-0.25, -0.2) is 8.42 Å². The molecule has 1 aliphatic heterocycles. The average Bonchev–Trinajstić information content (AvgIpc) is 3.07. The SMILES string of the molecule is Cc1cccc(CS(=O)(=O)N2CCN(C(=O)Cc3cccs3)CC2)c1. The first kappa shape index (κ1) is 18.1. The molecule has 5 nitrogen and oxygen atoms in total. The number of benzene rings is 1. The van der Waals surface area contributed by atoms with Crippen LogP contribution in [0.4, 0.5) is 0 Å². The van der Waals surface area contributed by atoms with E-state index in [9.17, 15) is 13.2 Å². The highest BCUT2D eigenvalue weighted by atomic mass is 32.2. The van der Waals surface area contributed by atoms with Crippen molar-refractivity contribution in [1.29, 1.82) is 0 Å². The molecule has 25 heavy (non-hydrogen) atoms. The minimum absolute atomic E-state index is 0.0117. The molecular formula is C18H22N2O3S2. The van der Waals surface area contributed by atoms with Gasteiger partial charge >= 0.3 is 0 Å². The number of carbonyl (C=O) groups excluding carboxylic acids is 1. The molecule has 1 aromatic heterocycles. The molecule has 1 amide bonds. The van der Waals surface area contributed by atoms with Crippen LogP contribution in [0.1, 0.15) is 16.0 Å². The molecule has 1 fully saturated rings. The Morgan fingerprint density at radius 1 is 1.12 bits per heavy atom. The Bertz CT molecular complexity index is 824. The van der Waals surface area contributed by atoms with Crippen LogP contribution in [0.5, 0.6) is 0 Å². The second kappa shape index (κ2) is 7.68. The van der Waals surface area contributed by atoms with E-state index in [1.165, 1.54) is 4.31 Å². The van der Waals surface area contributed by atoms with Gasteiger partial charge in [0.25, 0.3) is 0 Å². The molecule has 2 aromatic rings. The lowest BCUT2D eigenvalue weighted by Crippen LogP contribution is -2.51. The quantitative estimate of drug-likeness (QED) is 0.802. The first-order chi connectivity index (χ1) is 11.9. The van der Waals surface area contributed by atoms with Crippen molar-refractivity contribution in [2.24, 2.45) is 0 Å². The second-order valence-electron chi connectivity index (χ2n) is 6.28. The third-order valence-corrected chi connectivity index (χ3v) is 7.05. The number of rotatable bonds is 5. The van der Waals surface area contributed by atoms with E-state index >= 15 is 0 Å². The van der Waals surface area contributed by atoms with Gasteiger partial charge in [-0.05, 0) is 23.9 Å². The summed E-state index contributed by atoms with van der Waals surface area (Å²) >= 11 is 1.57. The van der Waals surface area contributed by atoms with Crippen LogP contribution in [0.15, 0.2) is 41.8 Å². The first-order valence-corrected chi connectivity index (χ1v) is 10.8. The highest BCUT2D eigenvalue weighted by molar-refractivity contribution is 7.88. The molecule has 0 bridgehead atoms. The van der Waals surface area contributed by atoms with Crippen LogP contribution >= 0.6 is 11.3 Å². The van der Waals surface area contributed by atoms with E-state index in [2.05, 4.69) is 0 Å². The minimum Gasteiger partial charge on any atom is -0.340 e. The standard InChI is InChI=1S/C18H22N2O3S2/c1-15-4-2-5-16(12-15)14-25(22,23)20-9-7-19(8-10-20)18(21)13-17-6-3-11-24-17/h2-6,11-12H,7-10,13-14H2,1H3. The maximum Gasteiger partial charge on any atom is 0.227 e. The largest absolute Gasteiger partial charge is 0.340 e. The zero-order valence-electron chi connectivity index (χ0n) is 14.2. The number of amides is 1. The summed E-state index contributed by atoms with van der Waals surface area (Å²) < 4.78 is 26.8. The summed E-state index contributed by atoms with van der Waals surface area (Å²) in [5.74, 6) is 0.0795. The summed E-state index contributed by atoms with van der Waals surface area (Å²) in [6.45, 7) is 3.59. The highest BCUT2D eigenvalue weighted by Gasteiger charge is 2.29. The van der Waals surface area contributed by atoms with Crippen molar-refractivity contribution >= 4 is 27.3 Å². The van der Waals surface area contributed by atoms with Gasteiger partial charge in [0.1, 0.15) is 0 Å². The molecule has 7 heteroatoms. The molecule has 0 atom stereocenters. The molecule has 2 heterocycles. The number of piperazine rings is 1. The fourth-order valence-corrected chi connectivity index (χ4v) is 5.19. The van der Waals surface area contributed by atoms with Crippen molar-refractivity contribution in [2.75, 3.05) is 26.2 Å². The number of aryl methyl sites for hydroxylation is 1. The van der Waals surface area contributed by atoms with Gasteiger partial charge in [0.15, 0.2) is 0 Å². The third-order valence-electron chi connectivity index (χ3n) is 4.32. The Hall–Kier alpha value is -1.70. The zero-order valence-corrected chi connectivity index (χ0v) is 15.9. The van der Waals surface area contributed by atoms with Crippen LogP contribution in [0.25, 0.3) is 0 Å². The number of thiophene rings is 1. The van der Waals surface area contributed by atoms with Crippen LogP contribution in [0.2, 0.25) is 0 Å². The summed E-state index contributed by atoms with van der Waals surface area (Å²) in [7, 11) is -3.35. The maximum atomic E-state index is 12.6. The summed E-state index contributed by atoms with van der Waals surface area (Å²) in [4.78, 5) is 15.1. The Morgan fingerprint density at radius 3 is 2.52 bits per heavy atom. The van der Waals surface area contributed by atoms with Crippen molar-refractivity contribution in [3.8, 4) is 0 Å². The molecule has 0 saturated carbocycles. The number of hydrogen-bond acceptors (Lipinski definition) is 4. The van der Waals surface area contributed by atoms with E-state index in [1.54, 1.807) is 16.2 Å². The predicted molar refractivity (Wildman–Crippen MR) is 100.0 cm³/mol. The maximum absolute atomic E-state index is 12.6. The molecule has 3 rings (SSSR count). The van der Waals surface area contributed by atoms with E-state index in [4.69, 9.17) is 0 Å². The van der Waals surface area contributed by atoms with Gasteiger partial charge in [-0.3, -0.25) is 4.79 Å². The Morgan fingerprint density at radius 2 is 1.88 bits per heavy atom. The van der Waals surface area contributed by atoms with Crippen molar-refractivity contribution in [2.45, 2.75) is 19.1 Å². The molecule has 0 N–H and O–H groups in total. The number of hydrogen-bond donors (Lipinski definition) is 0. The lowest BCUT2D eigenvalue weighted by molar-refractivity contribution is -0.131. The van der Waals surface area contributed by atoms with Gasteiger partial charge in [0, 0.05) is 31.1 Å². The fourth-order valence-electron chi connectivity index (χ4n) is 2.99. The van der Waals surface area contributed by atoms with Crippen LogP contribution in [-0.2, 0) is 27.0 Å². The summed E-state index contributed by atoms with van der Waals surface area (Å²) in [6, 6.07) is 11.5. The molecule has 1 aromatic carbocycles. The molecule has 0 aliphatic carbocycles. The number of sulfonamides is 1. The molecule has 0 spiro atoms. The molecule has 1 saturated heterocycles. The van der Waals surface area contributed by atoms with Crippen molar-refractivity contribution in [3.05, 3.63) is 57.8 Å². The predicted octanol–water partition coefficient (Wildman–Crippen LogP) is 2.27. The van der Waals surface area contributed by atoms with Gasteiger partial charge in [0.05, 0.1) is 12.2 Å². The van der Waals surface area contributed by atoms with Gasteiger partial charge in [0.2, 0.25) is 15.9 Å². The molecule has 134 valence electrons. The Labute approximate surface area is 152 Å². The summed E-state index contributed by atoms with van der Waals surface area (Å²) in [5, 5.41) is 1.96. The Kier molecular flexibility index (Phi) is 5.56. The van der Waals surface area contributed by atoms with E-state index < -0.39 is 10.0 Å². The van der Waals surface area contributed by atoms with Crippen LogP contribution < -0.4 is 0 Å². The van der Waals surface area contributed by atoms with E-state index in [-0.39, 0.29) is 11.7 Å². The van der Waals surface area contributed by atoms with Gasteiger partial charge in [-0.15, -0.1) is 11.3 Å². The first-order valence-electron chi connectivity index (χ1n) is 8.27. The second-order valence-corrected chi connectivity index (χ2v) is 9.28. The van der Waals surface area contributed by atoms with E-state index in [0.717, 1.165) is 16.0 Å². The molecular weight excluding hydrogens is 356 g/mol. The van der Waals surface area contributed by atoms with Gasteiger partial charge in [-0.1, -0.05) is 35.9 Å². The van der Waals surface area contributed by atoms with E-state index in [0.29, 0.717) is 32.6 Å². The molecule has 0 radical (unpaired) electrons. The normalized spacial score (nSPS) is 16.1. The van der Waals surface area contributed by atoms with Gasteiger partial charge in [-0.2, -0.15) is 4.31 Å². The third kappa shape index (κ3) is 4.68. The smallest absolute Gasteiger partial charge is 0.227 e. The summed E-state index contributed by atoms with van der Waals surface area (Å²) in [5.41, 5.74) is 1.85. The summed E-state index contributed by atoms with van der Waals surface area (Å²) in [6.07, 6.45) is 0.397. The average molecular weight is 379 g/mol. The lowest BCUT2D eigenvalue weighted by atomic mass is 10.2. The van der Waals surface area contributed by atoms with Gasteiger partial charge < -0.3 is 4.90 Å². The van der Waals surface area contributed by atoms with Crippen molar-refractivity contribution in [3.63, 3.8) is 0 Å². The molecule has 0 unspecified atom stereocenters. The van der Waals surface area contributed by atoms with Crippen molar-refractivity contribution in [1.82, 2.24) is 9.21 Å². The van der Waals surface area contributed by atoms with Crippen LogP contribution in [-0.4, -0.2) is 49.7 Å². The zero-order chi connectivity index (χ0) is 17.9. The van der Waals surface area contributed by atoms with Crippen molar-refractivity contribution < 1.29 is 13.2 Å². The van der Waals surface area contributed by atoms with E-state index in [1.807, 2.05) is 48.7 Å². The number of carbonyl (C=O) groups is 1.